The van der Waals surface area contributed by atoms with Crippen LogP contribution in [-0.4, -0.2) is 46.5 Å². The van der Waals surface area contributed by atoms with E-state index in [0.29, 0.717) is 0 Å². The number of hydrogen-bond donors (Lipinski definition) is 3. The molecule has 0 aromatic carbocycles. The second-order valence-electron chi connectivity index (χ2n) is 5.49. The lowest BCUT2D eigenvalue weighted by molar-refractivity contribution is -0.385. The van der Waals surface area contributed by atoms with E-state index in [1.54, 1.807) is 6.92 Å². The number of rotatable bonds is 7. The lowest BCUT2D eigenvalue weighted by Gasteiger charge is -2.26. The van der Waals surface area contributed by atoms with Gasteiger partial charge in [0.2, 0.25) is 11.8 Å². The largest absolute Gasteiger partial charge is 0.360 e. The van der Waals surface area contributed by atoms with Crippen molar-refractivity contribution in [3.63, 3.8) is 0 Å². The zero-order valence-corrected chi connectivity index (χ0v) is 13.0. The number of nitrogen functional groups attached to an aromatic ring is 1. The van der Waals surface area contributed by atoms with Crippen LogP contribution in [0.3, 0.4) is 0 Å². The van der Waals surface area contributed by atoms with Gasteiger partial charge in [0, 0.05) is 12.6 Å². The molecule has 0 aliphatic rings. The predicted octanol–water partition coefficient (Wildman–Crippen LogP) is 0.977. The third-order valence-electron chi connectivity index (χ3n) is 3.06. The van der Waals surface area contributed by atoms with Crippen molar-refractivity contribution in [3.05, 3.63) is 15.8 Å². The maximum absolute atomic E-state index is 11.2. The molecule has 4 N–H and O–H groups in total. The van der Waals surface area contributed by atoms with Crippen LogP contribution < -0.4 is 16.6 Å². The van der Waals surface area contributed by atoms with Gasteiger partial charge in [0.05, 0.1) is 4.92 Å². The Balaban J connectivity index is 3.19. The number of nitrogens with two attached hydrogens (primary N) is 1. The highest BCUT2D eigenvalue weighted by Gasteiger charge is 2.25. The normalized spacial score (nSPS) is 12.6. The standard InChI is InChI=1S/C12H23N7O2/c1-7(2)9(6-18(4)5)15-11-10(19(20)21)8(3)14-12(16-11)17-13/h7,9H,6,13H2,1-5H3,(H2,14,15,16,17). The van der Waals surface area contributed by atoms with Gasteiger partial charge < -0.3 is 10.2 Å². The molecular formula is C12H23N7O2. The molecule has 21 heavy (non-hydrogen) atoms. The van der Waals surface area contributed by atoms with Crippen molar-refractivity contribution >= 4 is 17.5 Å². The fraction of sp³-hybridized carbons (Fsp3) is 0.667. The van der Waals surface area contributed by atoms with E-state index < -0.39 is 4.92 Å². The predicted molar refractivity (Wildman–Crippen MR) is 82.0 cm³/mol. The van der Waals surface area contributed by atoms with Gasteiger partial charge in [-0.05, 0) is 26.9 Å². The number of anilines is 2. The summed E-state index contributed by atoms with van der Waals surface area (Å²) in [4.78, 5) is 20.8. The first-order valence-electron chi connectivity index (χ1n) is 6.67. The van der Waals surface area contributed by atoms with Crippen molar-refractivity contribution < 1.29 is 4.92 Å². The molecule has 0 aliphatic carbocycles. The summed E-state index contributed by atoms with van der Waals surface area (Å²) in [5.74, 6) is 5.91. The fourth-order valence-corrected chi connectivity index (χ4v) is 1.94. The SMILES string of the molecule is Cc1nc(NN)nc(NC(CN(C)C)C(C)C)c1[N+](=O)[O-]. The molecule has 0 fully saturated rings. The molecule has 1 unspecified atom stereocenters. The van der Waals surface area contributed by atoms with Gasteiger partial charge >= 0.3 is 5.69 Å². The molecule has 0 radical (unpaired) electrons. The summed E-state index contributed by atoms with van der Waals surface area (Å²) in [6.45, 7) is 6.37. The molecule has 1 aromatic heterocycles. The number of likely N-dealkylation sites (N-methyl/N-ethyl adjacent to an activating group) is 1. The Morgan fingerprint density at radius 2 is 2.00 bits per heavy atom. The molecule has 1 heterocycles. The Hall–Kier alpha value is -2.00. The molecule has 9 nitrogen and oxygen atoms in total. The molecule has 0 saturated carbocycles. The molecule has 9 heteroatoms. The van der Waals surface area contributed by atoms with Crippen LogP contribution in [0.2, 0.25) is 0 Å². The van der Waals surface area contributed by atoms with Crippen LogP contribution in [0.15, 0.2) is 0 Å². The highest BCUT2D eigenvalue weighted by atomic mass is 16.6. The maximum atomic E-state index is 11.2. The zero-order chi connectivity index (χ0) is 16.2. The minimum Gasteiger partial charge on any atom is -0.360 e. The van der Waals surface area contributed by atoms with Crippen LogP contribution >= 0.6 is 0 Å². The van der Waals surface area contributed by atoms with Crippen molar-refractivity contribution in [1.29, 1.82) is 0 Å². The summed E-state index contributed by atoms with van der Waals surface area (Å²) in [6.07, 6.45) is 0. The number of nitrogens with one attached hydrogen (secondary N) is 2. The van der Waals surface area contributed by atoms with Crippen molar-refractivity contribution in [2.45, 2.75) is 26.8 Å². The average molecular weight is 297 g/mol. The first kappa shape index (κ1) is 17.1. The number of nitro groups is 1. The molecule has 118 valence electrons. The Bertz CT molecular complexity index is 505. The fourth-order valence-electron chi connectivity index (χ4n) is 1.94. The molecule has 0 saturated heterocycles. The van der Waals surface area contributed by atoms with E-state index in [9.17, 15) is 10.1 Å². The molecule has 1 rings (SSSR count). The van der Waals surface area contributed by atoms with E-state index in [1.807, 2.05) is 32.8 Å². The minimum atomic E-state index is -0.481. The molecule has 0 aliphatic heterocycles. The van der Waals surface area contributed by atoms with Gasteiger partial charge in [0.15, 0.2) is 0 Å². The molecule has 1 atom stereocenters. The average Bonchev–Trinajstić information content (AvgIpc) is 2.35. The van der Waals surface area contributed by atoms with Gasteiger partial charge in [-0.1, -0.05) is 13.8 Å². The summed E-state index contributed by atoms with van der Waals surface area (Å²) in [5, 5.41) is 14.4. The highest BCUT2D eigenvalue weighted by molar-refractivity contribution is 5.61. The van der Waals surface area contributed by atoms with Crippen LogP contribution in [0.1, 0.15) is 19.5 Å². The molecule has 1 aromatic rings. The van der Waals surface area contributed by atoms with Crippen LogP contribution in [0, 0.1) is 23.0 Å². The second kappa shape index (κ2) is 7.14. The van der Waals surface area contributed by atoms with Gasteiger partial charge in [-0.15, -0.1) is 0 Å². The topological polar surface area (TPSA) is 122 Å². The van der Waals surface area contributed by atoms with E-state index in [0.717, 1.165) is 6.54 Å². The van der Waals surface area contributed by atoms with Crippen LogP contribution in [-0.2, 0) is 0 Å². The molecule has 0 bridgehead atoms. The smallest absolute Gasteiger partial charge is 0.332 e. The monoisotopic (exact) mass is 297 g/mol. The van der Waals surface area contributed by atoms with Crippen molar-refractivity contribution in [2.75, 3.05) is 31.4 Å². The summed E-state index contributed by atoms with van der Waals surface area (Å²) < 4.78 is 0. The Morgan fingerprint density at radius 1 is 1.38 bits per heavy atom. The van der Waals surface area contributed by atoms with E-state index in [4.69, 9.17) is 5.84 Å². The van der Waals surface area contributed by atoms with Gasteiger partial charge in [0.1, 0.15) is 5.69 Å². The van der Waals surface area contributed by atoms with Crippen molar-refractivity contribution in [3.8, 4) is 0 Å². The van der Waals surface area contributed by atoms with E-state index >= 15 is 0 Å². The zero-order valence-electron chi connectivity index (χ0n) is 13.0. The van der Waals surface area contributed by atoms with E-state index in [1.165, 1.54) is 0 Å². The van der Waals surface area contributed by atoms with Crippen LogP contribution in [0.5, 0.6) is 0 Å². The molecule has 0 amide bonds. The number of hydrogen-bond acceptors (Lipinski definition) is 8. The first-order valence-corrected chi connectivity index (χ1v) is 6.67. The summed E-state index contributed by atoms with van der Waals surface area (Å²) in [5.41, 5.74) is 2.46. The van der Waals surface area contributed by atoms with Crippen LogP contribution in [0.25, 0.3) is 0 Å². The quantitative estimate of drug-likeness (QED) is 0.386. The van der Waals surface area contributed by atoms with Crippen molar-refractivity contribution in [2.24, 2.45) is 11.8 Å². The third kappa shape index (κ3) is 4.50. The minimum absolute atomic E-state index is 0.0126. The second-order valence-corrected chi connectivity index (χ2v) is 5.49. The molecule has 0 spiro atoms. The number of aromatic nitrogens is 2. The van der Waals surface area contributed by atoms with Gasteiger partial charge in [0.25, 0.3) is 0 Å². The summed E-state index contributed by atoms with van der Waals surface area (Å²) in [6, 6.07) is 0.0126. The summed E-state index contributed by atoms with van der Waals surface area (Å²) in [7, 11) is 3.90. The van der Waals surface area contributed by atoms with Crippen molar-refractivity contribution in [1.82, 2.24) is 14.9 Å². The Kier molecular flexibility index (Phi) is 5.79. The van der Waals surface area contributed by atoms with Gasteiger partial charge in [-0.25, -0.2) is 10.8 Å². The van der Waals surface area contributed by atoms with Gasteiger partial charge in [-0.3, -0.25) is 15.5 Å². The number of hydrazine groups is 1. The third-order valence-corrected chi connectivity index (χ3v) is 3.06. The Labute approximate surface area is 124 Å². The number of nitrogens with zero attached hydrogens (tertiary/aromatic N) is 4. The van der Waals surface area contributed by atoms with Crippen LogP contribution in [0.4, 0.5) is 17.5 Å². The highest BCUT2D eigenvalue weighted by Crippen LogP contribution is 2.27. The number of aryl methyl sites for hydroxylation is 1. The first-order chi connectivity index (χ1) is 9.76. The van der Waals surface area contributed by atoms with E-state index in [2.05, 4.69) is 20.7 Å². The Morgan fingerprint density at radius 3 is 2.43 bits per heavy atom. The lowest BCUT2D eigenvalue weighted by Crippen LogP contribution is -2.37. The van der Waals surface area contributed by atoms with E-state index in [-0.39, 0.29) is 35.1 Å². The maximum Gasteiger partial charge on any atom is 0.332 e. The lowest BCUT2D eigenvalue weighted by atomic mass is 10.0. The molecular weight excluding hydrogens is 274 g/mol. The van der Waals surface area contributed by atoms with Gasteiger partial charge in [-0.2, -0.15) is 4.98 Å². The summed E-state index contributed by atoms with van der Waals surface area (Å²) >= 11 is 0.